The lowest BCUT2D eigenvalue weighted by Gasteiger charge is -2.26. The summed E-state index contributed by atoms with van der Waals surface area (Å²) in [6, 6.07) is 20.9. The van der Waals surface area contributed by atoms with Gasteiger partial charge in [-0.3, -0.25) is 0 Å². The molecule has 0 saturated heterocycles. The van der Waals surface area contributed by atoms with Crippen LogP contribution in [-0.2, 0) is 13.1 Å². The van der Waals surface area contributed by atoms with Crippen LogP contribution in [0.3, 0.4) is 0 Å². The van der Waals surface area contributed by atoms with E-state index in [1.54, 1.807) is 6.20 Å². The molecule has 4 heteroatoms. The van der Waals surface area contributed by atoms with Crippen molar-refractivity contribution in [2.24, 2.45) is 0 Å². The number of aromatic nitrogens is 1. The number of hydrogen-bond acceptors (Lipinski definition) is 3. The maximum Gasteiger partial charge on any atom is 0.143 e. The van der Waals surface area contributed by atoms with E-state index >= 15 is 0 Å². The Morgan fingerprint density at radius 3 is 1.92 bits per heavy atom. The number of pyridine rings is 1. The molecule has 0 aliphatic carbocycles. The molecule has 0 radical (unpaired) electrons. The lowest BCUT2D eigenvalue weighted by molar-refractivity contribution is 0.780. The highest BCUT2D eigenvalue weighted by Crippen LogP contribution is 2.32. The van der Waals surface area contributed by atoms with E-state index in [2.05, 4.69) is 74.3 Å². The molecule has 0 bridgehead atoms. The first-order valence-corrected chi connectivity index (χ1v) is 8.68. The van der Waals surface area contributed by atoms with Crippen molar-refractivity contribution < 1.29 is 0 Å². The van der Waals surface area contributed by atoms with Crippen LogP contribution in [0.4, 0.5) is 11.5 Å². The molecule has 0 unspecified atom stereocenters. The van der Waals surface area contributed by atoms with Gasteiger partial charge in [-0.05, 0) is 39.5 Å². The second-order valence-electron chi connectivity index (χ2n) is 5.80. The number of anilines is 2. The summed E-state index contributed by atoms with van der Waals surface area (Å²) in [5.74, 6) is 0.911. The Hall–Kier alpha value is -2.33. The monoisotopic (exact) mass is 381 g/mol. The predicted octanol–water partition coefficient (Wildman–Crippen LogP) is 4.94. The van der Waals surface area contributed by atoms with Crippen molar-refractivity contribution in [2.45, 2.75) is 20.0 Å². The minimum absolute atomic E-state index is 0.699. The van der Waals surface area contributed by atoms with Crippen molar-refractivity contribution in [3.63, 3.8) is 0 Å². The molecule has 0 fully saturated rings. The fourth-order valence-electron chi connectivity index (χ4n) is 2.61. The van der Waals surface area contributed by atoms with Crippen molar-refractivity contribution in [1.29, 1.82) is 0 Å². The Labute approximate surface area is 151 Å². The molecule has 3 rings (SSSR count). The van der Waals surface area contributed by atoms with Gasteiger partial charge in [-0.25, -0.2) is 4.98 Å². The van der Waals surface area contributed by atoms with Crippen molar-refractivity contribution >= 4 is 27.4 Å². The van der Waals surface area contributed by atoms with Gasteiger partial charge >= 0.3 is 0 Å². The maximum absolute atomic E-state index is 5.98. The quantitative estimate of drug-likeness (QED) is 0.680. The fraction of sp³-hybridized carbons (Fsp3) is 0.150. The zero-order valence-electron chi connectivity index (χ0n) is 13.6. The lowest BCUT2D eigenvalue weighted by Crippen LogP contribution is -2.24. The van der Waals surface area contributed by atoms with Gasteiger partial charge in [0.25, 0.3) is 0 Å². The smallest absolute Gasteiger partial charge is 0.143 e. The molecule has 0 spiro atoms. The van der Waals surface area contributed by atoms with Crippen LogP contribution in [0.1, 0.15) is 16.7 Å². The zero-order valence-corrected chi connectivity index (χ0v) is 15.2. The second-order valence-corrected chi connectivity index (χ2v) is 6.60. The molecular weight excluding hydrogens is 362 g/mol. The summed E-state index contributed by atoms with van der Waals surface area (Å²) in [5.41, 5.74) is 10.2. The van der Waals surface area contributed by atoms with E-state index in [1.807, 2.05) is 19.1 Å². The van der Waals surface area contributed by atoms with Gasteiger partial charge in [-0.15, -0.1) is 0 Å². The van der Waals surface area contributed by atoms with E-state index in [9.17, 15) is 0 Å². The summed E-state index contributed by atoms with van der Waals surface area (Å²) in [5, 5.41) is 0. The molecule has 3 nitrogen and oxygen atoms in total. The highest BCUT2D eigenvalue weighted by Gasteiger charge is 2.16. The zero-order chi connectivity index (χ0) is 16.9. The van der Waals surface area contributed by atoms with Gasteiger partial charge in [0.15, 0.2) is 0 Å². The minimum Gasteiger partial charge on any atom is -0.397 e. The van der Waals surface area contributed by atoms with E-state index in [4.69, 9.17) is 5.73 Å². The number of hydrogen-bond donors (Lipinski definition) is 1. The van der Waals surface area contributed by atoms with Crippen LogP contribution in [0.25, 0.3) is 0 Å². The van der Waals surface area contributed by atoms with Gasteiger partial charge < -0.3 is 10.6 Å². The third-order valence-corrected chi connectivity index (χ3v) is 4.97. The molecule has 0 aliphatic heterocycles. The number of nitrogen functional groups attached to an aromatic ring is 1. The Kier molecular flexibility index (Phi) is 5.16. The molecule has 2 N–H and O–H groups in total. The average molecular weight is 382 g/mol. The predicted molar refractivity (Wildman–Crippen MR) is 104 cm³/mol. The Bertz CT molecular complexity index is 762. The van der Waals surface area contributed by atoms with Crippen LogP contribution < -0.4 is 10.6 Å². The van der Waals surface area contributed by atoms with Gasteiger partial charge in [-0.1, -0.05) is 60.7 Å². The summed E-state index contributed by atoms with van der Waals surface area (Å²) in [6.45, 7) is 3.57. The molecule has 24 heavy (non-hydrogen) atoms. The van der Waals surface area contributed by atoms with Gasteiger partial charge in [0.05, 0.1) is 16.4 Å². The number of nitrogens with two attached hydrogens (primary N) is 1. The van der Waals surface area contributed by atoms with Crippen LogP contribution in [0.2, 0.25) is 0 Å². The topological polar surface area (TPSA) is 42.1 Å². The van der Waals surface area contributed by atoms with Crippen LogP contribution >= 0.6 is 15.9 Å². The number of halogens is 1. The number of benzene rings is 2. The van der Waals surface area contributed by atoms with Gasteiger partial charge in [-0.2, -0.15) is 0 Å². The Morgan fingerprint density at radius 1 is 0.917 bits per heavy atom. The molecular formula is C20H20BrN3. The highest BCUT2D eigenvalue weighted by molar-refractivity contribution is 9.10. The van der Waals surface area contributed by atoms with Crippen LogP contribution in [0, 0.1) is 6.92 Å². The minimum atomic E-state index is 0.699. The molecule has 3 aromatic rings. The first-order chi connectivity index (χ1) is 11.6. The number of rotatable bonds is 5. The van der Waals surface area contributed by atoms with Gasteiger partial charge in [0.1, 0.15) is 5.82 Å². The van der Waals surface area contributed by atoms with E-state index in [1.165, 1.54) is 11.1 Å². The number of nitrogens with zero attached hydrogens (tertiary/aromatic N) is 2. The van der Waals surface area contributed by atoms with Crippen molar-refractivity contribution in [1.82, 2.24) is 4.98 Å². The van der Waals surface area contributed by atoms with Gasteiger partial charge in [0.2, 0.25) is 0 Å². The third kappa shape index (κ3) is 3.77. The summed E-state index contributed by atoms with van der Waals surface area (Å²) in [4.78, 5) is 6.85. The normalized spacial score (nSPS) is 10.6. The molecule has 0 amide bonds. The molecule has 0 aliphatic rings. The first kappa shape index (κ1) is 16.5. The maximum atomic E-state index is 5.98. The first-order valence-electron chi connectivity index (χ1n) is 7.88. The van der Waals surface area contributed by atoms with Crippen molar-refractivity contribution in [3.05, 3.63) is 88.0 Å². The van der Waals surface area contributed by atoms with E-state index < -0.39 is 0 Å². The van der Waals surface area contributed by atoms with Crippen molar-refractivity contribution in [3.8, 4) is 0 Å². The summed E-state index contributed by atoms with van der Waals surface area (Å²) in [6.07, 6.45) is 1.73. The van der Waals surface area contributed by atoms with Crippen molar-refractivity contribution in [2.75, 3.05) is 10.6 Å². The Morgan fingerprint density at radius 2 is 1.42 bits per heavy atom. The molecule has 2 aromatic carbocycles. The van der Waals surface area contributed by atoms with E-state index in [0.717, 1.165) is 28.9 Å². The highest BCUT2D eigenvalue weighted by atomic mass is 79.9. The van der Waals surface area contributed by atoms with E-state index in [-0.39, 0.29) is 0 Å². The van der Waals surface area contributed by atoms with Gasteiger partial charge in [0, 0.05) is 13.1 Å². The summed E-state index contributed by atoms with van der Waals surface area (Å²) in [7, 11) is 0. The van der Waals surface area contributed by atoms with Crippen LogP contribution in [-0.4, -0.2) is 4.98 Å². The third-order valence-electron chi connectivity index (χ3n) is 4.02. The fourth-order valence-corrected chi connectivity index (χ4v) is 3.19. The summed E-state index contributed by atoms with van der Waals surface area (Å²) >= 11 is 3.67. The molecule has 1 heterocycles. The van der Waals surface area contributed by atoms with Crippen LogP contribution in [0.15, 0.2) is 71.3 Å². The van der Waals surface area contributed by atoms with E-state index in [0.29, 0.717) is 5.69 Å². The Balaban J connectivity index is 1.97. The average Bonchev–Trinajstić information content (AvgIpc) is 2.61. The summed E-state index contributed by atoms with van der Waals surface area (Å²) < 4.78 is 0.953. The largest absolute Gasteiger partial charge is 0.397 e. The SMILES string of the molecule is Cc1c(N)cnc(N(Cc2ccccc2)Cc2ccccc2)c1Br. The molecule has 122 valence electrons. The second kappa shape index (κ2) is 7.49. The molecule has 0 saturated carbocycles. The molecule has 1 aromatic heterocycles. The van der Waals surface area contributed by atoms with Crippen LogP contribution in [0.5, 0.6) is 0 Å². The molecule has 0 atom stereocenters. The standard InChI is InChI=1S/C20H20BrN3/c1-15-18(22)12-23-20(19(15)21)24(13-16-8-4-2-5-9-16)14-17-10-6-3-7-11-17/h2-12H,13-14,22H2,1H3. The lowest BCUT2D eigenvalue weighted by atomic mass is 10.1.